The van der Waals surface area contributed by atoms with Crippen LogP contribution in [0.3, 0.4) is 0 Å². The van der Waals surface area contributed by atoms with E-state index in [1.807, 2.05) is 24.3 Å². The normalized spacial score (nSPS) is 12.1. The lowest BCUT2D eigenvalue weighted by atomic mass is 10.1. The van der Waals surface area contributed by atoms with Gasteiger partial charge in [0.2, 0.25) is 0 Å². The van der Waals surface area contributed by atoms with E-state index in [-0.39, 0.29) is 18.7 Å². The van der Waals surface area contributed by atoms with Crippen LogP contribution in [0.1, 0.15) is 19.0 Å². The summed E-state index contributed by atoms with van der Waals surface area (Å²) < 4.78 is 6.53. The predicted molar refractivity (Wildman–Crippen MR) is 86.4 cm³/mol. The van der Waals surface area contributed by atoms with Crippen LogP contribution in [0, 0.1) is 0 Å². The number of ether oxygens (including phenoxy) is 1. The second-order valence-corrected chi connectivity index (χ2v) is 5.28. The van der Waals surface area contributed by atoms with Gasteiger partial charge in [-0.1, -0.05) is 12.1 Å². The van der Waals surface area contributed by atoms with Crippen LogP contribution in [0.25, 0.3) is 11.0 Å². The summed E-state index contributed by atoms with van der Waals surface area (Å²) >= 11 is 0. The summed E-state index contributed by atoms with van der Waals surface area (Å²) in [6.45, 7) is 2.01. The van der Waals surface area contributed by atoms with Crippen LogP contribution < -0.4 is 10.9 Å². The lowest BCUT2D eigenvalue weighted by Crippen LogP contribution is -2.29. The first-order valence-electron chi connectivity index (χ1n) is 7.54. The molecule has 124 valence electrons. The molecule has 1 unspecified atom stereocenters. The molecule has 0 radical (unpaired) electrons. The van der Waals surface area contributed by atoms with Gasteiger partial charge in [0.15, 0.2) is 0 Å². The maximum atomic E-state index is 12.6. The van der Waals surface area contributed by atoms with E-state index < -0.39 is 12.2 Å². The highest BCUT2D eigenvalue weighted by Crippen LogP contribution is 2.11. The Morgan fingerprint density at radius 3 is 2.87 bits per heavy atom. The van der Waals surface area contributed by atoms with Crippen LogP contribution in [0.5, 0.6) is 0 Å². The molecule has 1 aromatic heterocycles. The quantitative estimate of drug-likeness (QED) is 0.830. The number of nitrogens with zero attached hydrogens (tertiary/aromatic N) is 2. The molecule has 2 N–H and O–H groups in total. The second-order valence-electron chi connectivity index (χ2n) is 5.28. The fourth-order valence-electron chi connectivity index (χ4n) is 2.28. The number of rotatable bonds is 6. The molecule has 0 saturated heterocycles. The molecule has 0 saturated carbocycles. The minimum Gasteiger partial charge on any atom is -0.448 e. The van der Waals surface area contributed by atoms with Gasteiger partial charge in [0, 0.05) is 7.05 Å². The second kappa shape index (κ2) is 7.73. The number of hydrogen-bond acceptors (Lipinski definition) is 5. The van der Waals surface area contributed by atoms with E-state index in [0.717, 1.165) is 0 Å². The average Bonchev–Trinajstić information content (AvgIpc) is 2.54. The van der Waals surface area contributed by atoms with E-state index >= 15 is 0 Å². The number of aromatic nitrogens is 2. The number of fused-ring (bicyclic) bond motifs is 1. The van der Waals surface area contributed by atoms with E-state index in [1.54, 1.807) is 11.5 Å². The zero-order chi connectivity index (χ0) is 16.8. The molecule has 2 aromatic rings. The maximum Gasteiger partial charge on any atom is 0.406 e. The van der Waals surface area contributed by atoms with E-state index in [9.17, 15) is 14.7 Å². The molecule has 1 atom stereocenters. The monoisotopic (exact) mass is 319 g/mol. The average molecular weight is 319 g/mol. The third-order valence-electron chi connectivity index (χ3n) is 3.47. The van der Waals surface area contributed by atoms with Gasteiger partial charge in [0.05, 0.1) is 23.7 Å². The molecule has 1 amide bonds. The number of carbonyl (C=O) groups is 1. The number of hydrogen-bond donors (Lipinski definition) is 2. The van der Waals surface area contributed by atoms with E-state index in [2.05, 4.69) is 10.3 Å². The lowest BCUT2D eigenvalue weighted by Gasteiger charge is -2.13. The lowest BCUT2D eigenvalue weighted by molar-refractivity contribution is 0.144. The molecular weight excluding hydrogens is 298 g/mol. The summed E-state index contributed by atoms with van der Waals surface area (Å²) in [4.78, 5) is 28.1. The van der Waals surface area contributed by atoms with Gasteiger partial charge < -0.3 is 19.7 Å². The topological polar surface area (TPSA) is 93.5 Å². The van der Waals surface area contributed by atoms with Gasteiger partial charge in [-0.15, -0.1) is 0 Å². The van der Waals surface area contributed by atoms with Crippen molar-refractivity contribution < 1.29 is 14.6 Å². The highest BCUT2D eigenvalue weighted by atomic mass is 16.5. The molecule has 1 aromatic carbocycles. The third-order valence-corrected chi connectivity index (χ3v) is 3.47. The predicted octanol–water partition coefficient (Wildman–Crippen LogP) is 1.07. The van der Waals surface area contributed by atoms with Gasteiger partial charge in [0.1, 0.15) is 12.3 Å². The molecule has 0 bridgehead atoms. The third kappa shape index (κ3) is 4.29. The Morgan fingerprint density at radius 2 is 2.17 bits per heavy atom. The standard InChI is InChI=1S/C16H21N3O4/c1-11(20)7-8-13-15(21)19(9-10-23-16(22)17-2)14-6-4-3-5-12(14)18-13/h3-6,11,20H,7-10H2,1-2H3,(H,17,22). The Kier molecular flexibility index (Phi) is 5.70. The van der Waals surface area contributed by atoms with Crippen LogP contribution in [0.2, 0.25) is 0 Å². The number of amides is 1. The fraction of sp³-hybridized carbons (Fsp3) is 0.438. The van der Waals surface area contributed by atoms with Gasteiger partial charge in [-0.05, 0) is 31.9 Å². The van der Waals surface area contributed by atoms with Crippen molar-refractivity contribution in [3.8, 4) is 0 Å². The van der Waals surface area contributed by atoms with Crippen molar-refractivity contribution in [3.63, 3.8) is 0 Å². The van der Waals surface area contributed by atoms with Crippen molar-refractivity contribution in [2.75, 3.05) is 13.7 Å². The summed E-state index contributed by atoms with van der Waals surface area (Å²) in [7, 11) is 1.48. The Morgan fingerprint density at radius 1 is 1.43 bits per heavy atom. The molecule has 7 heteroatoms. The van der Waals surface area contributed by atoms with E-state index in [1.165, 1.54) is 7.05 Å². The van der Waals surface area contributed by atoms with Crippen molar-refractivity contribution in [2.24, 2.45) is 0 Å². The van der Waals surface area contributed by atoms with Gasteiger partial charge >= 0.3 is 6.09 Å². The number of alkyl carbamates (subject to hydrolysis) is 1. The molecule has 0 aliphatic rings. The zero-order valence-corrected chi connectivity index (χ0v) is 13.3. The summed E-state index contributed by atoms with van der Waals surface area (Å²) in [5.74, 6) is 0. The number of para-hydroxylation sites is 2. The first-order valence-corrected chi connectivity index (χ1v) is 7.54. The minimum absolute atomic E-state index is 0.0867. The van der Waals surface area contributed by atoms with Crippen molar-refractivity contribution in [1.29, 1.82) is 0 Å². The number of aryl methyl sites for hydroxylation is 1. The molecule has 7 nitrogen and oxygen atoms in total. The number of aliphatic hydroxyl groups is 1. The summed E-state index contributed by atoms with van der Waals surface area (Å²) in [5.41, 5.74) is 1.58. The largest absolute Gasteiger partial charge is 0.448 e. The molecule has 0 spiro atoms. The Balaban J connectivity index is 2.33. The smallest absolute Gasteiger partial charge is 0.406 e. The highest BCUT2D eigenvalue weighted by Gasteiger charge is 2.12. The number of carbonyl (C=O) groups excluding carboxylic acids is 1. The Labute approximate surface area is 133 Å². The fourth-order valence-corrected chi connectivity index (χ4v) is 2.28. The number of nitrogens with one attached hydrogen (secondary N) is 1. The van der Waals surface area contributed by atoms with Crippen molar-refractivity contribution in [3.05, 3.63) is 40.3 Å². The SMILES string of the molecule is CNC(=O)OCCn1c(=O)c(CCC(C)O)nc2ccccc21. The first kappa shape index (κ1) is 17.0. The van der Waals surface area contributed by atoms with Crippen molar-refractivity contribution in [2.45, 2.75) is 32.4 Å². The van der Waals surface area contributed by atoms with Crippen LogP contribution in [0.4, 0.5) is 4.79 Å². The maximum absolute atomic E-state index is 12.6. The Bertz CT molecular complexity index is 740. The zero-order valence-electron chi connectivity index (χ0n) is 13.3. The van der Waals surface area contributed by atoms with Crippen LogP contribution in [0.15, 0.2) is 29.1 Å². The molecule has 2 rings (SSSR count). The van der Waals surface area contributed by atoms with Gasteiger partial charge in [-0.2, -0.15) is 0 Å². The molecule has 0 fully saturated rings. The summed E-state index contributed by atoms with van der Waals surface area (Å²) in [5, 5.41) is 11.8. The Hall–Kier alpha value is -2.41. The number of aliphatic hydroxyl groups excluding tert-OH is 1. The van der Waals surface area contributed by atoms with E-state index in [4.69, 9.17) is 4.74 Å². The number of benzene rings is 1. The first-order chi connectivity index (χ1) is 11.0. The van der Waals surface area contributed by atoms with Crippen LogP contribution >= 0.6 is 0 Å². The molecular formula is C16H21N3O4. The van der Waals surface area contributed by atoms with Crippen LogP contribution in [-0.2, 0) is 17.7 Å². The van der Waals surface area contributed by atoms with Gasteiger partial charge in [0.25, 0.3) is 5.56 Å². The minimum atomic E-state index is -0.536. The summed E-state index contributed by atoms with van der Waals surface area (Å²) in [6.07, 6.45) is -0.161. The summed E-state index contributed by atoms with van der Waals surface area (Å²) in [6, 6.07) is 7.32. The highest BCUT2D eigenvalue weighted by molar-refractivity contribution is 5.74. The van der Waals surface area contributed by atoms with Crippen LogP contribution in [-0.4, -0.2) is 40.5 Å². The van der Waals surface area contributed by atoms with Gasteiger partial charge in [-0.25, -0.2) is 9.78 Å². The van der Waals surface area contributed by atoms with Gasteiger partial charge in [-0.3, -0.25) is 4.79 Å². The van der Waals surface area contributed by atoms with E-state index in [0.29, 0.717) is 29.6 Å². The molecule has 23 heavy (non-hydrogen) atoms. The van der Waals surface area contributed by atoms with Crippen molar-refractivity contribution >= 4 is 17.1 Å². The molecule has 0 aliphatic carbocycles. The molecule has 0 aliphatic heterocycles. The van der Waals surface area contributed by atoms with Crippen molar-refractivity contribution in [1.82, 2.24) is 14.9 Å². The molecule has 1 heterocycles.